The van der Waals surface area contributed by atoms with E-state index in [4.69, 9.17) is 4.42 Å². The fourth-order valence-corrected chi connectivity index (χ4v) is 3.18. The number of fused-ring (bicyclic) bond motifs is 2. The summed E-state index contributed by atoms with van der Waals surface area (Å²) < 4.78 is 6.24. The first-order valence-corrected chi connectivity index (χ1v) is 8.58. The molecule has 2 aromatic heterocycles. The lowest BCUT2D eigenvalue weighted by molar-refractivity contribution is -0.605. The smallest absolute Gasteiger partial charge is 0.344 e. The number of nitrogens with zero attached hydrogens (tertiary/aromatic N) is 2. The van der Waals surface area contributed by atoms with Crippen LogP contribution in [0.15, 0.2) is 82.8 Å². The molecule has 0 aliphatic rings. The molecule has 0 atom stereocenters. The number of aromatic nitrogens is 1. The molecule has 4 rings (SSSR count). The maximum Gasteiger partial charge on any atom is 0.344 e. The van der Waals surface area contributed by atoms with E-state index in [0.29, 0.717) is 21.4 Å². The molecule has 27 heavy (non-hydrogen) atoms. The van der Waals surface area contributed by atoms with Crippen LogP contribution in [0.25, 0.3) is 32.9 Å². The van der Waals surface area contributed by atoms with Gasteiger partial charge in [0.2, 0.25) is 0 Å². The molecule has 4 aromatic rings. The minimum absolute atomic E-state index is 0.426. The van der Waals surface area contributed by atoms with Crippen molar-refractivity contribution in [3.8, 4) is 11.1 Å². The first-order valence-electron chi connectivity index (χ1n) is 8.58. The molecule has 0 radical (unpaired) electrons. The number of likely N-dealkylation sites (N-methyl/N-ethyl adjacent to an activating group) is 1. The second-order valence-electron chi connectivity index (χ2n) is 6.48. The third-order valence-electron chi connectivity index (χ3n) is 4.63. The highest BCUT2D eigenvalue weighted by Gasteiger charge is 2.10. The van der Waals surface area contributed by atoms with E-state index < -0.39 is 5.63 Å². The molecule has 0 aliphatic carbocycles. The Balaban J connectivity index is 1.86. The van der Waals surface area contributed by atoms with E-state index in [-0.39, 0.29) is 0 Å². The second kappa shape index (κ2) is 6.61. The molecule has 0 aliphatic heterocycles. The predicted octanol–water partition coefficient (Wildman–Crippen LogP) is 3.87. The minimum atomic E-state index is -0.426. The van der Waals surface area contributed by atoms with E-state index in [1.54, 1.807) is 12.1 Å². The van der Waals surface area contributed by atoms with Gasteiger partial charge in [-0.25, -0.2) is 4.79 Å². The molecule has 2 aromatic carbocycles. The van der Waals surface area contributed by atoms with Gasteiger partial charge in [0.05, 0.1) is 5.56 Å². The van der Waals surface area contributed by atoms with Gasteiger partial charge >= 0.3 is 5.63 Å². The van der Waals surface area contributed by atoms with Crippen molar-refractivity contribution < 1.29 is 9.15 Å². The summed E-state index contributed by atoms with van der Waals surface area (Å²) in [5, 5.41) is 14.1. The largest absolute Gasteiger partial charge is 0.619 e. The van der Waals surface area contributed by atoms with E-state index in [9.17, 15) is 10.0 Å². The van der Waals surface area contributed by atoms with Crippen LogP contribution in [-0.4, -0.2) is 13.6 Å². The lowest BCUT2D eigenvalue weighted by Crippen LogP contribution is -2.23. The van der Waals surface area contributed by atoms with Gasteiger partial charge in [-0.15, -0.1) is 6.58 Å². The fraction of sp³-hybridized carbons (Fsp3) is 0.0909. The van der Waals surface area contributed by atoms with Crippen LogP contribution in [0, 0.1) is 5.21 Å². The van der Waals surface area contributed by atoms with Crippen molar-refractivity contribution in [3.05, 3.63) is 89.2 Å². The van der Waals surface area contributed by atoms with Crippen LogP contribution >= 0.6 is 0 Å². The molecule has 0 unspecified atom stereocenters. The SMILES string of the molecule is C=CCN(C)c1ccc2cc3cc(-c4cc[n+]([O-])cc4)c(=O)oc3cc2c1. The van der Waals surface area contributed by atoms with Gasteiger partial charge in [-0.2, -0.15) is 4.73 Å². The maximum absolute atomic E-state index is 12.4. The van der Waals surface area contributed by atoms with E-state index >= 15 is 0 Å². The molecule has 0 spiro atoms. The lowest BCUT2D eigenvalue weighted by atomic mass is 10.0. The van der Waals surface area contributed by atoms with Gasteiger partial charge in [0, 0.05) is 42.4 Å². The average Bonchev–Trinajstić information content (AvgIpc) is 2.66. The number of benzene rings is 2. The predicted molar refractivity (Wildman–Crippen MR) is 108 cm³/mol. The Kier molecular flexibility index (Phi) is 4.12. The molecule has 2 heterocycles. The summed E-state index contributed by atoms with van der Waals surface area (Å²) in [7, 11) is 2.00. The van der Waals surface area contributed by atoms with Crippen molar-refractivity contribution in [1.82, 2.24) is 0 Å². The summed E-state index contributed by atoms with van der Waals surface area (Å²) in [4.78, 5) is 14.5. The van der Waals surface area contributed by atoms with Crippen LogP contribution < -0.4 is 15.3 Å². The fourth-order valence-electron chi connectivity index (χ4n) is 3.18. The zero-order valence-corrected chi connectivity index (χ0v) is 14.9. The normalized spacial score (nSPS) is 11.0. The van der Waals surface area contributed by atoms with Crippen LogP contribution in [0.3, 0.4) is 0 Å². The van der Waals surface area contributed by atoms with Gasteiger partial charge in [0.15, 0.2) is 12.4 Å². The minimum Gasteiger partial charge on any atom is -0.619 e. The van der Waals surface area contributed by atoms with Crippen molar-refractivity contribution in [1.29, 1.82) is 0 Å². The highest BCUT2D eigenvalue weighted by molar-refractivity contribution is 5.98. The van der Waals surface area contributed by atoms with Gasteiger partial charge in [-0.3, -0.25) is 0 Å². The van der Waals surface area contributed by atoms with E-state index in [1.165, 1.54) is 12.4 Å². The first-order chi connectivity index (χ1) is 13.0. The van der Waals surface area contributed by atoms with Gasteiger partial charge in [0.1, 0.15) is 5.58 Å². The number of pyridine rings is 1. The zero-order valence-electron chi connectivity index (χ0n) is 14.9. The number of hydrogen-bond donors (Lipinski definition) is 0. The molecule has 0 fully saturated rings. The summed E-state index contributed by atoms with van der Waals surface area (Å²) in [6, 6.07) is 15.1. The van der Waals surface area contributed by atoms with Crippen molar-refractivity contribution in [2.24, 2.45) is 0 Å². The molecular weight excluding hydrogens is 340 g/mol. The summed E-state index contributed by atoms with van der Waals surface area (Å²) >= 11 is 0. The van der Waals surface area contributed by atoms with E-state index in [1.807, 2.05) is 31.3 Å². The highest BCUT2D eigenvalue weighted by Crippen LogP contribution is 2.28. The Bertz CT molecular complexity index is 1210. The highest BCUT2D eigenvalue weighted by atomic mass is 16.5. The zero-order chi connectivity index (χ0) is 19.0. The van der Waals surface area contributed by atoms with Gasteiger partial charge < -0.3 is 14.5 Å². The van der Waals surface area contributed by atoms with Crippen LogP contribution in [0.5, 0.6) is 0 Å². The Hall–Kier alpha value is -3.60. The molecule has 0 amide bonds. The number of anilines is 1. The third-order valence-corrected chi connectivity index (χ3v) is 4.63. The first kappa shape index (κ1) is 16.8. The van der Waals surface area contributed by atoms with E-state index in [2.05, 4.69) is 29.7 Å². The van der Waals surface area contributed by atoms with Gasteiger partial charge in [-0.05, 0) is 41.1 Å². The Morgan fingerprint density at radius 1 is 1.07 bits per heavy atom. The van der Waals surface area contributed by atoms with Crippen molar-refractivity contribution in [2.75, 3.05) is 18.5 Å². The third kappa shape index (κ3) is 3.15. The monoisotopic (exact) mass is 358 g/mol. The molecule has 0 N–H and O–H groups in total. The molecule has 0 bridgehead atoms. The van der Waals surface area contributed by atoms with Gasteiger partial charge in [0.25, 0.3) is 0 Å². The number of hydrogen-bond acceptors (Lipinski definition) is 4. The quantitative estimate of drug-likeness (QED) is 0.183. The molecule has 0 saturated carbocycles. The van der Waals surface area contributed by atoms with Crippen LogP contribution in [0.1, 0.15) is 0 Å². The summed E-state index contributed by atoms with van der Waals surface area (Å²) in [5.74, 6) is 0. The standard InChI is InChI=1S/C22H18N2O3/c1-3-8-23(2)19-5-4-16-11-18-13-20(15-6-9-24(26)10-7-15)22(25)27-21(18)14-17(16)12-19/h3-7,9-14H,1,8H2,2H3. The Morgan fingerprint density at radius 2 is 1.85 bits per heavy atom. The van der Waals surface area contributed by atoms with Crippen molar-refractivity contribution in [2.45, 2.75) is 0 Å². The average molecular weight is 358 g/mol. The van der Waals surface area contributed by atoms with Crippen LogP contribution in [0.2, 0.25) is 0 Å². The van der Waals surface area contributed by atoms with Gasteiger partial charge in [-0.1, -0.05) is 12.1 Å². The molecule has 134 valence electrons. The number of rotatable bonds is 4. The Morgan fingerprint density at radius 3 is 2.59 bits per heavy atom. The maximum atomic E-state index is 12.4. The molecule has 5 heteroatoms. The molecule has 0 saturated heterocycles. The summed E-state index contributed by atoms with van der Waals surface area (Å²) in [6.07, 6.45) is 4.57. The van der Waals surface area contributed by atoms with Crippen LogP contribution in [0.4, 0.5) is 5.69 Å². The van der Waals surface area contributed by atoms with E-state index in [0.717, 1.165) is 28.4 Å². The van der Waals surface area contributed by atoms with Crippen molar-refractivity contribution in [3.63, 3.8) is 0 Å². The summed E-state index contributed by atoms with van der Waals surface area (Å²) in [5.41, 5.74) is 2.26. The topological polar surface area (TPSA) is 60.4 Å². The van der Waals surface area contributed by atoms with Crippen LogP contribution in [-0.2, 0) is 0 Å². The molecular formula is C22H18N2O3. The lowest BCUT2D eigenvalue weighted by Gasteiger charge is -2.17. The summed E-state index contributed by atoms with van der Waals surface area (Å²) in [6.45, 7) is 4.52. The van der Waals surface area contributed by atoms with Crippen molar-refractivity contribution >= 4 is 27.4 Å². The second-order valence-corrected chi connectivity index (χ2v) is 6.48. The Labute approximate surface area is 156 Å². The molecule has 5 nitrogen and oxygen atoms in total.